The highest BCUT2D eigenvalue weighted by atomic mass is 16.5. The van der Waals surface area contributed by atoms with Crippen molar-refractivity contribution in [2.75, 3.05) is 7.11 Å². The van der Waals surface area contributed by atoms with E-state index in [4.69, 9.17) is 4.74 Å². The number of carbonyl (C=O) groups is 1. The molecule has 0 N–H and O–H groups in total. The Kier molecular flexibility index (Phi) is 7.60. The fourth-order valence-electron chi connectivity index (χ4n) is 1.08. The number of methoxy groups -OCH3 is 1. The van der Waals surface area contributed by atoms with Crippen molar-refractivity contribution in [2.24, 2.45) is 5.92 Å². The Morgan fingerprint density at radius 1 is 1.31 bits per heavy atom. The second-order valence-corrected chi connectivity index (χ2v) is 3.58. The van der Waals surface area contributed by atoms with Crippen LogP contribution in [0.25, 0.3) is 0 Å². The molecule has 2 nitrogen and oxygen atoms in total. The fourth-order valence-corrected chi connectivity index (χ4v) is 1.08. The van der Waals surface area contributed by atoms with Crippen LogP contribution in [-0.4, -0.2) is 19.5 Å². The van der Waals surface area contributed by atoms with Gasteiger partial charge in [-0.2, -0.15) is 0 Å². The molecule has 1 unspecified atom stereocenters. The van der Waals surface area contributed by atoms with Crippen molar-refractivity contribution in [3.8, 4) is 0 Å². The molecule has 76 valence electrons. The van der Waals surface area contributed by atoms with Gasteiger partial charge in [0.25, 0.3) is 0 Å². The van der Waals surface area contributed by atoms with Crippen molar-refractivity contribution in [2.45, 2.75) is 39.2 Å². The molecule has 0 heterocycles. The van der Waals surface area contributed by atoms with E-state index in [9.17, 15) is 4.79 Å². The molecule has 0 radical (unpaired) electrons. The highest BCUT2D eigenvalue weighted by Gasteiger charge is 2.03. The Morgan fingerprint density at radius 2 is 2.00 bits per heavy atom. The standard InChI is InChI=1S/C11H20O2/c1-10(2)7-8-11(13-3)6-4-5-9-12/h4,6,9-11H,5,7-8H2,1-3H3/b6-4+. The molecule has 1 atom stereocenters. The first-order valence-corrected chi connectivity index (χ1v) is 4.83. The second-order valence-electron chi connectivity index (χ2n) is 3.58. The number of ether oxygens (including phenoxy) is 1. The lowest BCUT2D eigenvalue weighted by molar-refractivity contribution is -0.107. The zero-order valence-electron chi connectivity index (χ0n) is 8.82. The van der Waals surface area contributed by atoms with Gasteiger partial charge in [-0.1, -0.05) is 26.0 Å². The first-order chi connectivity index (χ1) is 6.20. The van der Waals surface area contributed by atoms with Crippen LogP contribution in [0.4, 0.5) is 0 Å². The molecule has 0 saturated carbocycles. The van der Waals surface area contributed by atoms with Gasteiger partial charge < -0.3 is 9.53 Å². The van der Waals surface area contributed by atoms with Gasteiger partial charge in [-0.05, 0) is 18.8 Å². The summed E-state index contributed by atoms with van der Waals surface area (Å²) < 4.78 is 5.24. The van der Waals surface area contributed by atoms with Crippen molar-refractivity contribution in [1.29, 1.82) is 0 Å². The summed E-state index contributed by atoms with van der Waals surface area (Å²) in [6, 6.07) is 0. The molecule has 0 amide bonds. The molecule has 13 heavy (non-hydrogen) atoms. The Morgan fingerprint density at radius 3 is 2.46 bits per heavy atom. The Hall–Kier alpha value is -0.630. The molecule has 0 bridgehead atoms. The first kappa shape index (κ1) is 12.4. The average molecular weight is 184 g/mol. The van der Waals surface area contributed by atoms with E-state index in [1.807, 2.05) is 12.2 Å². The van der Waals surface area contributed by atoms with Gasteiger partial charge in [-0.3, -0.25) is 0 Å². The summed E-state index contributed by atoms with van der Waals surface area (Å²) in [5.41, 5.74) is 0. The van der Waals surface area contributed by atoms with E-state index in [-0.39, 0.29) is 6.10 Å². The third-order valence-corrected chi connectivity index (χ3v) is 1.91. The molecular weight excluding hydrogens is 164 g/mol. The van der Waals surface area contributed by atoms with Gasteiger partial charge in [-0.25, -0.2) is 0 Å². The van der Waals surface area contributed by atoms with Crippen molar-refractivity contribution in [3.05, 3.63) is 12.2 Å². The Balaban J connectivity index is 3.68. The lowest BCUT2D eigenvalue weighted by Gasteiger charge is -2.11. The van der Waals surface area contributed by atoms with Gasteiger partial charge >= 0.3 is 0 Å². The summed E-state index contributed by atoms with van der Waals surface area (Å²) in [6.45, 7) is 4.39. The third-order valence-electron chi connectivity index (χ3n) is 1.91. The van der Waals surface area contributed by atoms with Crippen LogP contribution in [0.1, 0.15) is 33.1 Å². The SMILES string of the molecule is COC(/C=C/CC=O)CCC(C)C. The summed E-state index contributed by atoms with van der Waals surface area (Å²) in [5.74, 6) is 0.706. The second kappa shape index (κ2) is 7.99. The van der Waals surface area contributed by atoms with Crippen LogP contribution in [0.15, 0.2) is 12.2 Å². The van der Waals surface area contributed by atoms with Gasteiger partial charge in [0.2, 0.25) is 0 Å². The van der Waals surface area contributed by atoms with Crippen LogP contribution in [0, 0.1) is 5.92 Å². The molecule has 0 rings (SSSR count). The van der Waals surface area contributed by atoms with Crippen LogP contribution in [-0.2, 0) is 9.53 Å². The minimum Gasteiger partial charge on any atom is -0.377 e. The Labute approximate surface area is 81.0 Å². The van der Waals surface area contributed by atoms with E-state index in [1.54, 1.807) is 7.11 Å². The minimum absolute atomic E-state index is 0.169. The molecule has 0 aliphatic heterocycles. The van der Waals surface area contributed by atoms with E-state index in [0.717, 1.165) is 19.1 Å². The normalized spacial score (nSPS) is 13.8. The molecule has 0 saturated heterocycles. The van der Waals surface area contributed by atoms with Gasteiger partial charge in [-0.15, -0.1) is 0 Å². The molecule has 2 heteroatoms. The number of allylic oxidation sites excluding steroid dienone is 1. The van der Waals surface area contributed by atoms with Crippen molar-refractivity contribution >= 4 is 6.29 Å². The molecule has 0 fully saturated rings. The number of carbonyl (C=O) groups excluding carboxylic acids is 1. The van der Waals surface area contributed by atoms with Crippen molar-refractivity contribution in [1.82, 2.24) is 0 Å². The predicted molar refractivity (Wildman–Crippen MR) is 54.7 cm³/mol. The minimum atomic E-state index is 0.169. The third kappa shape index (κ3) is 7.72. The summed E-state index contributed by atoms with van der Waals surface area (Å²) in [7, 11) is 1.70. The maximum absolute atomic E-state index is 10.0. The number of hydrogen-bond acceptors (Lipinski definition) is 2. The summed E-state index contributed by atoms with van der Waals surface area (Å²) >= 11 is 0. The van der Waals surface area contributed by atoms with E-state index in [0.29, 0.717) is 12.3 Å². The molecule has 0 aliphatic rings. The molecule has 0 aromatic carbocycles. The largest absolute Gasteiger partial charge is 0.377 e. The zero-order valence-corrected chi connectivity index (χ0v) is 8.82. The molecule has 0 aromatic heterocycles. The van der Waals surface area contributed by atoms with Gasteiger partial charge in [0.1, 0.15) is 6.29 Å². The van der Waals surface area contributed by atoms with E-state index >= 15 is 0 Å². The molecular formula is C11H20O2. The van der Waals surface area contributed by atoms with Crippen LogP contribution in [0.2, 0.25) is 0 Å². The number of hydrogen-bond donors (Lipinski definition) is 0. The maximum Gasteiger partial charge on any atom is 0.123 e. The molecule has 0 spiro atoms. The number of aldehydes is 1. The highest BCUT2D eigenvalue weighted by Crippen LogP contribution is 2.09. The highest BCUT2D eigenvalue weighted by molar-refractivity contribution is 5.51. The van der Waals surface area contributed by atoms with Crippen LogP contribution < -0.4 is 0 Å². The van der Waals surface area contributed by atoms with E-state index in [2.05, 4.69) is 13.8 Å². The topological polar surface area (TPSA) is 26.3 Å². The predicted octanol–water partition coefficient (Wildman–Crippen LogP) is 2.58. The number of rotatable bonds is 7. The maximum atomic E-state index is 10.0. The summed E-state index contributed by atoms with van der Waals surface area (Å²) in [6.07, 6.45) is 7.57. The lowest BCUT2D eigenvalue weighted by atomic mass is 10.0. The van der Waals surface area contributed by atoms with Gasteiger partial charge in [0.05, 0.1) is 6.10 Å². The summed E-state index contributed by atoms with van der Waals surface area (Å²) in [4.78, 5) is 10.0. The van der Waals surface area contributed by atoms with Crippen LogP contribution in [0.5, 0.6) is 0 Å². The van der Waals surface area contributed by atoms with E-state index < -0.39 is 0 Å². The Bertz CT molecular complexity index is 150. The first-order valence-electron chi connectivity index (χ1n) is 4.83. The van der Waals surface area contributed by atoms with Crippen molar-refractivity contribution < 1.29 is 9.53 Å². The smallest absolute Gasteiger partial charge is 0.123 e. The van der Waals surface area contributed by atoms with Gasteiger partial charge in [0.15, 0.2) is 0 Å². The lowest BCUT2D eigenvalue weighted by Crippen LogP contribution is -2.08. The van der Waals surface area contributed by atoms with E-state index in [1.165, 1.54) is 0 Å². The fraction of sp³-hybridized carbons (Fsp3) is 0.727. The average Bonchev–Trinajstić information content (AvgIpc) is 2.10. The zero-order chi connectivity index (χ0) is 10.1. The van der Waals surface area contributed by atoms with Crippen LogP contribution in [0.3, 0.4) is 0 Å². The molecule has 0 aromatic rings. The van der Waals surface area contributed by atoms with Crippen molar-refractivity contribution in [3.63, 3.8) is 0 Å². The van der Waals surface area contributed by atoms with Gasteiger partial charge in [0, 0.05) is 13.5 Å². The quantitative estimate of drug-likeness (QED) is 0.449. The monoisotopic (exact) mass is 184 g/mol. The van der Waals surface area contributed by atoms with Crippen LogP contribution >= 0.6 is 0 Å². The molecule has 0 aliphatic carbocycles. The summed E-state index contributed by atoms with van der Waals surface area (Å²) in [5, 5.41) is 0.